The number of rotatable bonds is 12. The normalized spacial score (nSPS) is 12.9. The van der Waals surface area contributed by atoms with Gasteiger partial charge in [0.2, 0.25) is 10.0 Å². The summed E-state index contributed by atoms with van der Waals surface area (Å²) in [7, 11) is -1.51. The average molecular weight is 544 g/mol. The van der Waals surface area contributed by atoms with Crippen molar-refractivity contribution in [1.29, 1.82) is 0 Å². The van der Waals surface area contributed by atoms with Gasteiger partial charge >= 0.3 is 0 Å². The van der Waals surface area contributed by atoms with Crippen molar-refractivity contribution in [3.05, 3.63) is 111 Å². The summed E-state index contributed by atoms with van der Waals surface area (Å²) in [5.74, 6) is 0.794. The van der Waals surface area contributed by atoms with E-state index in [9.17, 15) is 33.8 Å². The SMILES string of the molecule is C=C[C@H]([C@@H](O)c1ccc([N+](=O)[O-])cc1)N(Cc1ccc(OC)cc1OC)S(=O)(=O)c1ccc([N+](=O)[O-])cc1. The lowest BCUT2D eigenvalue weighted by Gasteiger charge is -2.32. The molecule has 2 atom stereocenters. The molecule has 200 valence electrons. The summed E-state index contributed by atoms with van der Waals surface area (Å²) < 4.78 is 39.3. The summed E-state index contributed by atoms with van der Waals surface area (Å²) in [6, 6.07) is 12.9. The standard InChI is InChI=1S/C25H25N3O9S/c1-4-23(25(29)17-5-8-19(9-6-17)27(30)31)26(16-18-7-12-21(36-2)15-24(18)37-3)38(34,35)22-13-10-20(11-14-22)28(32)33/h4-15,23,25,29H,1,16H2,2-3H3/t23-,25+/m1/s1. The number of nitro benzene ring substituents is 2. The molecule has 0 aliphatic heterocycles. The molecular formula is C25H25N3O9S. The van der Waals surface area contributed by atoms with E-state index in [2.05, 4.69) is 6.58 Å². The molecule has 3 aromatic rings. The molecule has 0 bridgehead atoms. The highest BCUT2D eigenvalue weighted by Crippen LogP contribution is 2.33. The third-order valence-corrected chi connectivity index (χ3v) is 7.68. The zero-order chi connectivity index (χ0) is 28.0. The van der Waals surface area contributed by atoms with Crippen LogP contribution in [-0.4, -0.2) is 47.9 Å². The number of ether oxygens (including phenoxy) is 2. The number of benzene rings is 3. The Kier molecular flexibility index (Phi) is 8.78. The van der Waals surface area contributed by atoms with Gasteiger partial charge in [-0.1, -0.05) is 12.1 Å². The van der Waals surface area contributed by atoms with Gasteiger partial charge in [0, 0.05) is 42.4 Å². The summed E-state index contributed by atoms with van der Waals surface area (Å²) in [6.45, 7) is 3.43. The number of aliphatic hydroxyl groups is 1. The largest absolute Gasteiger partial charge is 0.497 e. The molecule has 0 aliphatic carbocycles. The van der Waals surface area contributed by atoms with Gasteiger partial charge in [-0.3, -0.25) is 20.2 Å². The molecule has 0 aliphatic rings. The van der Waals surface area contributed by atoms with Crippen LogP contribution in [0, 0.1) is 20.2 Å². The highest BCUT2D eigenvalue weighted by atomic mass is 32.2. The molecule has 0 saturated heterocycles. The highest BCUT2D eigenvalue weighted by molar-refractivity contribution is 7.89. The van der Waals surface area contributed by atoms with Crippen molar-refractivity contribution in [2.24, 2.45) is 0 Å². The van der Waals surface area contributed by atoms with Crippen molar-refractivity contribution in [3.8, 4) is 11.5 Å². The van der Waals surface area contributed by atoms with Crippen LogP contribution < -0.4 is 9.47 Å². The van der Waals surface area contributed by atoms with Crippen LogP contribution in [0.1, 0.15) is 17.2 Å². The average Bonchev–Trinajstić information content (AvgIpc) is 2.92. The third-order valence-electron chi connectivity index (χ3n) is 5.82. The van der Waals surface area contributed by atoms with Gasteiger partial charge in [0.1, 0.15) is 11.5 Å². The zero-order valence-electron chi connectivity index (χ0n) is 20.5. The van der Waals surface area contributed by atoms with Crippen LogP contribution in [0.4, 0.5) is 11.4 Å². The maximum Gasteiger partial charge on any atom is 0.269 e. The molecule has 0 aromatic heterocycles. The van der Waals surface area contributed by atoms with Gasteiger partial charge in [-0.25, -0.2) is 8.42 Å². The van der Waals surface area contributed by atoms with Crippen LogP contribution in [0.2, 0.25) is 0 Å². The smallest absolute Gasteiger partial charge is 0.269 e. The first-order valence-corrected chi connectivity index (χ1v) is 12.5. The quantitative estimate of drug-likeness (QED) is 0.202. The summed E-state index contributed by atoms with van der Waals surface area (Å²) in [5.41, 5.74) is 0.153. The van der Waals surface area contributed by atoms with Gasteiger partial charge in [0.15, 0.2) is 0 Å². The predicted molar refractivity (Wildman–Crippen MR) is 137 cm³/mol. The fraction of sp³-hybridized carbons (Fsp3) is 0.200. The predicted octanol–water partition coefficient (Wildman–Crippen LogP) is 4.00. The Morgan fingerprint density at radius 2 is 1.50 bits per heavy atom. The molecule has 0 amide bonds. The molecule has 0 saturated carbocycles. The van der Waals surface area contributed by atoms with Crippen LogP contribution in [0.25, 0.3) is 0 Å². The molecular weight excluding hydrogens is 518 g/mol. The fourth-order valence-corrected chi connectivity index (χ4v) is 5.35. The second kappa shape index (κ2) is 11.8. The molecule has 3 aromatic carbocycles. The number of sulfonamides is 1. The van der Waals surface area contributed by atoms with Crippen molar-refractivity contribution >= 4 is 21.4 Å². The molecule has 0 heterocycles. The van der Waals surface area contributed by atoms with Crippen LogP contribution in [0.5, 0.6) is 11.5 Å². The minimum absolute atomic E-state index is 0.200. The number of methoxy groups -OCH3 is 2. The Hall–Kier alpha value is -4.33. The maximum atomic E-state index is 13.9. The lowest BCUT2D eigenvalue weighted by molar-refractivity contribution is -0.385. The second-order valence-corrected chi connectivity index (χ2v) is 9.89. The number of hydrogen-bond acceptors (Lipinski definition) is 9. The Morgan fingerprint density at radius 1 is 0.947 bits per heavy atom. The van der Waals surface area contributed by atoms with Crippen molar-refractivity contribution in [3.63, 3.8) is 0 Å². The lowest BCUT2D eigenvalue weighted by Crippen LogP contribution is -2.42. The Morgan fingerprint density at radius 3 is 1.97 bits per heavy atom. The van der Waals surface area contributed by atoms with E-state index in [1.165, 1.54) is 44.6 Å². The fourth-order valence-electron chi connectivity index (χ4n) is 3.77. The van der Waals surface area contributed by atoms with Gasteiger partial charge < -0.3 is 14.6 Å². The first kappa shape index (κ1) is 28.2. The molecule has 0 fully saturated rings. The van der Waals surface area contributed by atoms with Crippen molar-refractivity contribution in [1.82, 2.24) is 4.31 Å². The topological polar surface area (TPSA) is 162 Å². The van der Waals surface area contributed by atoms with E-state index in [1.54, 1.807) is 18.2 Å². The number of non-ortho nitro benzene ring substituents is 2. The van der Waals surface area contributed by atoms with Gasteiger partial charge in [-0.2, -0.15) is 4.31 Å². The third kappa shape index (κ3) is 5.96. The molecule has 1 N–H and O–H groups in total. The van der Waals surface area contributed by atoms with E-state index in [1.807, 2.05) is 0 Å². The summed E-state index contributed by atoms with van der Waals surface area (Å²) in [6.07, 6.45) is -0.226. The molecule has 0 unspecified atom stereocenters. The monoisotopic (exact) mass is 543 g/mol. The number of aliphatic hydroxyl groups excluding tert-OH is 1. The van der Waals surface area contributed by atoms with Crippen LogP contribution in [-0.2, 0) is 16.6 Å². The lowest BCUT2D eigenvalue weighted by atomic mass is 10.0. The van der Waals surface area contributed by atoms with Gasteiger partial charge in [0.25, 0.3) is 11.4 Å². The van der Waals surface area contributed by atoms with Crippen LogP contribution in [0.15, 0.2) is 84.3 Å². The molecule has 13 heteroatoms. The minimum Gasteiger partial charge on any atom is -0.497 e. The van der Waals surface area contributed by atoms with Crippen LogP contribution in [0.3, 0.4) is 0 Å². The van der Waals surface area contributed by atoms with E-state index in [0.717, 1.165) is 28.6 Å². The first-order chi connectivity index (χ1) is 18.0. The summed E-state index contributed by atoms with van der Waals surface area (Å²) in [5, 5.41) is 33.3. The Labute approximate surface area is 218 Å². The van der Waals surface area contributed by atoms with Crippen molar-refractivity contribution < 1.29 is 32.8 Å². The van der Waals surface area contributed by atoms with E-state index in [4.69, 9.17) is 9.47 Å². The van der Waals surface area contributed by atoms with Gasteiger partial charge in [-0.15, -0.1) is 6.58 Å². The van der Waals surface area contributed by atoms with E-state index < -0.39 is 32.0 Å². The molecule has 38 heavy (non-hydrogen) atoms. The molecule has 3 rings (SSSR count). The van der Waals surface area contributed by atoms with E-state index in [-0.39, 0.29) is 28.4 Å². The van der Waals surface area contributed by atoms with Gasteiger partial charge in [-0.05, 0) is 35.9 Å². The molecule has 0 spiro atoms. The number of nitrogens with zero attached hydrogens (tertiary/aromatic N) is 3. The van der Waals surface area contributed by atoms with E-state index in [0.29, 0.717) is 17.1 Å². The zero-order valence-corrected chi connectivity index (χ0v) is 21.3. The summed E-state index contributed by atoms with van der Waals surface area (Å²) in [4.78, 5) is 20.6. The second-order valence-electron chi connectivity index (χ2n) is 8.00. The van der Waals surface area contributed by atoms with E-state index >= 15 is 0 Å². The maximum absolute atomic E-state index is 13.9. The minimum atomic E-state index is -4.38. The summed E-state index contributed by atoms with van der Waals surface area (Å²) >= 11 is 0. The van der Waals surface area contributed by atoms with Crippen LogP contribution >= 0.6 is 0 Å². The molecule has 12 nitrogen and oxygen atoms in total. The Bertz CT molecular complexity index is 1430. The molecule has 0 radical (unpaired) electrons. The Balaban J connectivity index is 2.12. The van der Waals surface area contributed by atoms with Crippen molar-refractivity contribution in [2.75, 3.05) is 14.2 Å². The number of hydrogen-bond donors (Lipinski definition) is 1. The number of nitro groups is 2. The van der Waals surface area contributed by atoms with Crippen molar-refractivity contribution in [2.45, 2.75) is 23.6 Å². The van der Waals surface area contributed by atoms with Gasteiger partial charge in [0.05, 0.1) is 41.1 Å². The highest BCUT2D eigenvalue weighted by Gasteiger charge is 2.36. The first-order valence-electron chi connectivity index (χ1n) is 11.1.